The highest BCUT2D eigenvalue weighted by Crippen LogP contribution is 2.26. The van der Waals surface area contributed by atoms with E-state index in [1.165, 1.54) is 5.56 Å². The number of ether oxygens (including phenoxy) is 1. The average Bonchev–Trinajstić information content (AvgIpc) is 3.05. The fourth-order valence-corrected chi connectivity index (χ4v) is 3.65. The minimum Gasteiger partial charge on any atom is -0.493 e. The van der Waals surface area contributed by atoms with E-state index in [1.807, 2.05) is 47.0 Å². The molecule has 1 amide bonds. The van der Waals surface area contributed by atoms with Crippen LogP contribution in [0, 0.1) is 5.92 Å². The predicted molar refractivity (Wildman–Crippen MR) is 104 cm³/mol. The Balaban J connectivity index is 1.41. The molecule has 0 radical (unpaired) electrons. The van der Waals surface area contributed by atoms with Gasteiger partial charge >= 0.3 is 0 Å². The number of hydrogen-bond acceptors (Lipinski definition) is 3. The molecule has 1 aliphatic heterocycles. The third-order valence-electron chi connectivity index (χ3n) is 5.03. The molecule has 3 aromatic rings. The molecule has 4 rings (SSSR count). The summed E-state index contributed by atoms with van der Waals surface area (Å²) in [6.07, 6.45) is 2.67. The van der Waals surface area contributed by atoms with Gasteiger partial charge in [0.2, 0.25) is 5.91 Å². The van der Waals surface area contributed by atoms with E-state index in [9.17, 15) is 9.59 Å². The van der Waals surface area contributed by atoms with E-state index in [-0.39, 0.29) is 24.2 Å². The van der Waals surface area contributed by atoms with Crippen molar-refractivity contribution in [2.75, 3.05) is 13.2 Å². The maximum absolute atomic E-state index is 12.5. The van der Waals surface area contributed by atoms with Crippen molar-refractivity contribution in [1.82, 2.24) is 9.88 Å². The number of ketones is 1. The van der Waals surface area contributed by atoms with E-state index in [1.54, 1.807) is 13.1 Å². The highest BCUT2D eigenvalue weighted by molar-refractivity contribution is 6.07. The largest absolute Gasteiger partial charge is 0.493 e. The van der Waals surface area contributed by atoms with Gasteiger partial charge in [0.15, 0.2) is 5.78 Å². The molecule has 27 heavy (non-hydrogen) atoms. The van der Waals surface area contributed by atoms with Crippen LogP contribution in [0.4, 0.5) is 0 Å². The van der Waals surface area contributed by atoms with Crippen molar-refractivity contribution < 1.29 is 14.3 Å². The number of nitrogens with one attached hydrogen (secondary N) is 1. The molecule has 0 saturated heterocycles. The van der Waals surface area contributed by atoms with Gasteiger partial charge < -0.3 is 14.6 Å². The van der Waals surface area contributed by atoms with Gasteiger partial charge in [0.1, 0.15) is 12.3 Å². The highest BCUT2D eigenvalue weighted by Gasteiger charge is 2.20. The van der Waals surface area contributed by atoms with Crippen molar-refractivity contribution in [3.05, 3.63) is 65.9 Å². The Bertz CT molecular complexity index is 1010. The Morgan fingerprint density at radius 1 is 1.15 bits per heavy atom. The zero-order chi connectivity index (χ0) is 18.8. The van der Waals surface area contributed by atoms with Crippen molar-refractivity contribution >= 4 is 22.6 Å². The number of Topliss-reactive ketones (excluding diaryl/α,β-unsaturated/α-hetero) is 1. The fourth-order valence-electron chi connectivity index (χ4n) is 3.65. The molecule has 2 heterocycles. The molecule has 1 N–H and O–H groups in total. The van der Waals surface area contributed by atoms with E-state index in [0.29, 0.717) is 18.7 Å². The van der Waals surface area contributed by atoms with E-state index < -0.39 is 0 Å². The van der Waals surface area contributed by atoms with E-state index in [2.05, 4.69) is 11.4 Å². The molecule has 5 heteroatoms. The van der Waals surface area contributed by atoms with E-state index >= 15 is 0 Å². The Labute approximate surface area is 157 Å². The topological polar surface area (TPSA) is 60.3 Å². The molecule has 0 fully saturated rings. The second-order valence-corrected chi connectivity index (χ2v) is 7.04. The summed E-state index contributed by atoms with van der Waals surface area (Å²) in [4.78, 5) is 24.3. The number of amides is 1. The van der Waals surface area contributed by atoms with Crippen LogP contribution in [0.3, 0.4) is 0 Å². The second kappa shape index (κ2) is 7.27. The minimum absolute atomic E-state index is 0.00313. The van der Waals surface area contributed by atoms with Crippen LogP contribution in [-0.2, 0) is 17.8 Å². The van der Waals surface area contributed by atoms with Gasteiger partial charge in [-0.25, -0.2) is 0 Å². The number of carbonyl (C=O) groups is 2. The third-order valence-corrected chi connectivity index (χ3v) is 5.03. The van der Waals surface area contributed by atoms with Crippen molar-refractivity contribution in [3.63, 3.8) is 0 Å². The molecule has 1 atom stereocenters. The predicted octanol–water partition coefficient (Wildman–Crippen LogP) is 3.21. The molecule has 2 aromatic carbocycles. The first-order valence-electron chi connectivity index (χ1n) is 9.18. The third kappa shape index (κ3) is 3.58. The van der Waals surface area contributed by atoms with Gasteiger partial charge in [-0.15, -0.1) is 0 Å². The summed E-state index contributed by atoms with van der Waals surface area (Å²) in [5.41, 5.74) is 2.73. The van der Waals surface area contributed by atoms with Gasteiger partial charge in [-0.1, -0.05) is 36.4 Å². The van der Waals surface area contributed by atoms with Crippen LogP contribution >= 0.6 is 0 Å². The van der Waals surface area contributed by atoms with Gasteiger partial charge in [-0.3, -0.25) is 9.59 Å². The Hall–Kier alpha value is -3.08. The molecule has 1 aromatic heterocycles. The Morgan fingerprint density at radius 2 is 1.93 bits per heavy atom. The molecule has 0 unspecified atom stereocenters. The summed E-state index contributed by atoms with van der Waals surface area (Å²) in [6.45, 7) is 2.93. The monoisotopic (exact) mass is 362 g/mol. The van der Waals surface area contributed by atoms with Crippen molar-refractivity contribution in [1.29, 1.82) is 0 Å². The zero-order valence-corrected chi connectivity index (χ0v) is 15.3. The number of rotatable bonds is 5. The first-order valence-corrected chi connectivity index (χ1v) is 9.18. The van der Waals surface area contributed by atoms with Crippen molar-refractivity contribution in [2.24, 2.45) is 5.92 Å². The molecule has 5 nitrogen and oxygen atoms in total. The summed E-state index contributed by atoms with van der Waals surface area (Å²) >= 11 is 0. The minimum atomic E-state index is -0.0651. The standard InChI is InChI=1S/C22H22N2O3/c1-15(25)19-12-24(20-8-4-3-7-18(19)20)13-22(26)23-11-16-10-17-6-2-5-9-21(17)27-14-16/h2-9,12,16H,10-11,13-14H2,1H3,(H,23,26)/t16-/m1/s1. The Kier molecular flexibility index (Phi) is 4.67. The molecule has 0 spiro atoms. The van der Waals surface area contributed by atoms with Crippen molar-refractivity contribution in [2.45, 2.75) is 19.9 Å². The van der Waals surface area contributed by atoms with Gasteiger partial charge in [0.25, 0.3) is 0 Å². The van der Waals surface area contributed by atoms with Gasteiger partial charge in [-0.2, -0.15) is 0 Å². The molecular weight excluding hydrogens is 340 g/mol. The number of carbonyl (C=O) groups excluding carboxylic acids is 2. The lowest BCUT2D eigenvalue weighted by atomic mass is 9.97. The SMILES string of the molecule is CC(=O)c1cn(CC(=O)NC[C@@H]2COc3ccccc3C2)c2ccccc12. The lowest BCUT2D eigenvalue weighted by molar-refractivity contribution is -0.121. The summed E-state index contributed by atoms with van der Waals surface area (Å²) in [5.74, 6) is 1.14. The molecule has 0 saturated carbocycles. The quantitative estimate of drug-likeness (QED) is 0.709. The second-order valence-electron chi connectivity index (χ2n) is 7.04. The Morgan fingerprint density at radius 3 is 2.78 bits per heavy atom. The van der Waals surface area contributed by atoms with E-state index in [4.69, 9.17) is 4.74 Å². The lowest BCUT2D eigenvalue weighted by Crippen LogP contribution is -2.36. The van der Waals surface area contributed by atoms with Gasteiger partial charge in [-0.05, 0) is 31.0 Å². The van der Waals surface area contributed by atoms with Crippen LogP contribution in [0.5, 0.6) is 5.75 Å². The molecule has 138 valence electrons. The van der Waals surface area contributed by atoms with Crippen LogP contribution in [0.1, 0.15) is 22.8 Å². The van der Waals surface area contributed by atoms with Crippen LogP contribution in [0.25, 0.3) is 10.9 Å². The molecular formula is C22H22N2O3. The number of benzene rings is 2. The van der Waals surface area contributed by atoms with Gasteiger partial charge in [0.05, 0.1) is 6.61 Å². The summed E-state index contributed by atoms with van der Waals surface area (Å²) < 4.78 is 7.62. The number of aromatic nitrogens is 1. The van der Waals surface area contributed by atoms with Crippen LogP contribution in [0.2, 0.25) is 0 Å². The van der Waals surface area contributed by atoms with Crippen LogP contribution in [0.15, 0.2) is 54.7 Å². The molecule has 1 aliphatic rings. The number of fused-ring (bicyclic) bond motifs is 2. The maximum atomic E-state index is 12.5. The fraction of sp³-hybridized carbons (Fsp3) is 0.273. The van der Waals surface area contributed by atoms with E-state index in [0.717, 1.165) is 23.1 Å². The van der Waals surface area contributed by atoms with Gasteiger partial charge in [0, 0.05) is 35.1 Å². The van der Waals surface area contributed by atoms with Crippen molar-refractivity contribution in [3.8, 4) is 5.75 Å². The average molecular weight is 362 g/mol. The summed E-state index contributed by atoms with van der Waals surface area (Å²) in [5, 5.41) is 3.89. The van der Waals surface area contributed by atoms with Crippen LogP contribution in [-0.4, -0.2) is 29.4 Å². The number of para-hydroxylation sites is 2. The maximum Gasteiger partial charge on any atom is 0.239 e. The zero-order valence-electron chi connectivity index (χ0n) is 15.3. The lowest BCUT2D eigenvalue weighted by Gasteiger charge is -2.25. The number of hydrogen-bond donors (Lipinski definition) is 1. The highest BCUT2D eigenvalue weighted by atomic mass is 16.5. The summed E-state index contributed by atoms with van der Waals surface area (Å²) in [7, 11) is 0. The molecule has 0 bridgehead atoms. The first kappa shape index (κ1) is 17.3. The summed E-state index contributed by atoms with van der Waals surface area (Å²) in [6, 6.07) is 15.7. The smallest absolute Gasteiger partial charge is 0.239 e. The van der Waals surface area contributed by atoms with Crippen LogP contribution < -0.4 is 10.1 Å². The number of nitrogens with zero attached hydrogens (tertiary/aromatic N) is 1. The first-order chi connectivity index (χ1) is 13.1. The normalized spacial score (nSPS) is 15.8. The molecule has 0 aliphatic carbocycles.